The molecule has 0 radical (unpaired) electrons. The number of hydrogen-bond acceptors (Lipinski definition) is 6. The van der Waals surface area contributed by atoms with Crippen LogP contribution in [0.25, 0.3) is 0 Å². The summed E-state index contributed by atoms with van der Waals surface area (Å²) in [6, 6.07) is 3.25. The van der Waals surface area contributed by atoms with E-state index in [2.05, 4.69) is 9.97 Å². The molecule has 1 aromatic heterocycles. The summed E-state index contributed by atoms with van der Waals surface area (Å²) in [4.78, 5) is 11.1. The van der Waals surface area contributed by atoms with Gasteiger partial charge in [0.2, 0.25) is 16.0 Å². The van der Waals surface area contributed by atoms with Gasteiger partial charge in [-0.05, 0) is 24.3 Å². The van der Waals surface area contributed by atoms with E-state index in [-0.39, 0.29) is 32.2 Å². The third-order valence-electron chi connectivity index (χ3n) is 4.46. The molecule has 0 amide bonds. The quantitative estimate of drug-likeness (QED) is 0.689. The molecule has 7 nitrogen and oxygen atoms in total. The lowest BCUT2D eigenvalue weighted by Crippen LogP contribution is -2.49. The van der Waals surface area contributed by atoms with Crippen molar-refractivity contribution in [1.29, 1.82) is 0 Å². The minimum absolute atomic E-state index is 0.0295. The topological polar surface area (TPSA) is 69.6 Å². The molecule has 0 saturated carbocycles. The Morgan fingerprint density at radius 3 is 2.31 bits per heavy atom. The molecule has 0 spiro atoms. The number of hydrogen-bond donors (Lipinski definition) is 0. The Kier molecular flexibility index (Phi) is 5.68. The van der Waals surface area contributed by atoms with Crippen molar-refractivity contribution in [2.75, 3.05) is 50.1 Å². The van der Waals surface area contributed by atoms with Crippen molar-refractivity contribution in [2.45, 2.75) is 11.1 Å². The number of rotatable bonds is 4. The summed E-state index contributed by atoms with van der Waals surface area (Å²) in [6.45, 7) is 0.425. The largest absolute Gasteiger partial charge is 0.417 e. The molecular formula is C17H19F4N5O2S. The second kappa shape index (κ2) is 7.75. The van der Waals surface area contributed by atoms with Gasteiger partial charge in [-0.2, -0.15) is 22.5 Å². The first-order valence-corrected chi connectivity index (χ1v) is 10.1. The van der Waals surface area contributed by atoms with Gasteiger partial charge in [0.25, 0.3) is 0 Å². The van der Waals surface area contributed by atoms with Crippen molar-refractivity contribution < 1.29 is 26.0 Å². The van der Waals surface area contributed by atoms with Gasteiger partial charge in [-0.15, -0.1) is 0 Å². The number of benzene rings is 1. The highest BCUT2D eigenvalue weighted by atomic mass is 32.2. The molecule has 158 valence electrons. The first-order valence-electron chi connectivity index (χ1n) is 8.62. The minimum atomic E-state index is -4.99. The third kappa shape index (κ3) is 4.42. The van der Waals surface area contributed by atoms with Gasteiger partial charge in [-0.1, -0.05) is 0 Å². The zero-order chi connectivity index (χ0) is 21.4. The van der Waals surface area contributed by atoms with Crippen molar-refractivity contribution in [3.05, 3.63) is 41.8 Å². The van der Waals surface area contributed by atoms with E-state index >= 15 is 0 Å². The maximum Gasteiger partial charge on any atom is 0.417 e. The zero-order valence-electron chi connectivity index (χ0n) is 15.7. The lowest BCUT2D eigenvalue weighted by atomic mass is 10.2. The molecule has 1 fully saturated rings. The van der Waals surface area contributed by atoms with Crippen LogP contribution in [-0.2, 0) is 16.2 Å². The van der Waals surface area contributed by atoms with E-state index in [9.17, 15) is 26.0 Å². The third-order valence-corrected chi connectivity index (χ3v) is 6.41. The Hall–Kier alpha value is -2.47. The summed E-state index contributed by atoms with van der Waals surface area (Å²) in [6.07, 6.45) is -3.41. The second-order valence-electron chi connectivity index (χ2n) is 6.64. The van der Waals surface area contributed by atoms with Crippen molar-refractivity contribution in [3.63, 3.8) is 0 Å². The van der Waals surface area contributed by atoms with Crippen LogP contribution in [0.3, 0.4) is 0 Å². The molecule has 29 heavy (non-hydrogen) atoms. The van der Waals surface area contributed by atoms with E-state index in [1.807, 2.05) is 4.90 Å². The number of alkyl halides is 3. The lowest BCUT2D eigenvalue weighted by Gasteiger charge is -2.35. The van der Waals surface area contributed by atoms with Gasteiger partial charge < -0.3 is 9.80 Å². The zero-order valence-corrected chi connectivity index (χ0v) is 16.5. The van der Waals surface area contributed by atoms with Gasteiger partial charge in [-0.3, -0.25) is 0 Å². The number of anilines is 2. The SMILES string of the molecule is CN(C)c1nccc(N2CCN(S(=O)(=O)c3ccc(F)cc3C(F)(F)F)CC2)n1. The highest BCUT2D eigenvalue weighted by Crippen LogP contribution is 2.36. The summed E-state index contributed by atoms with van der Waals surface area (Å²) < 4.78 is 79.6. The van der Waals surface area contributed by atoms with Gasteiger partial charge in [0.1, 0.15) is 11.6 Å². The molecule has 1 aliphatic heterocycles. The van der Waals surface area contributed by atoms with Crippen molar-refractivity contribution in [3.8, 4) is 0 Å². The van der Waals surface area contributed by atoms with E-state index in [1.54, 1.807) is 31.3 Å². The molecule has 3 rings (SSSR count). The molecule has 0 bridgehead atoms. The average Bonchev–Trinajstić information content (AvgIpc) is 2.67. The summed E-state index contributed by atoms with van der Waals surface area (Å²) in [5.41, 5.74) is -1.51. The standard InChI is InChI=1S/C17H19F4N5O2S/c1-24(2)16-22-6-5-15(23-16)25-7-9-26(10-8-25)29(27,28)14-4-3-12(18)11-13(14)17(19,20)21/h3-6,11H,7-10H2,1-2H3. The van der Waals surface area contributed by atoms with Crippen LogP contribution in [-0.4, -0.2) is 63.0 Å². The van der Waals surface area contributed by atoms with E-state index in [1.165, 1.54) is 0 Å². The normalized spacial score (nSPS) is 16.1. The monoisotopic (exact) mass is 433 g/mol. The average molecular weight is 433 g/mol. The number of piperazine rings is 1. The summed E-state index contributed by atoms with van der Waals surface area (Å²) in [5, 5.41) is 0. The van der Waals surface area contributed by atoms with Crippen LogP contribution >= 0.6 is 0 Å². The van der Waals surface area contributed by atoms with Crippen LogP contribution in [0, 0.1) is 5.82 Å². The Morgan fingerprint density at radius 2 is 1.72 bits per heavy atom. The fraction of sp³-hybridized carbons (Fsp3) is 0.412. The van der Waals surface area contributed by atoms with Gasteiger partial charge in [0, 0.05) is 46.5 Å². The van der Waals surface area contributed by atoms with Crippen molar-refractivity contribution >= 4 is 21.8 Å². The Labute approximate surface area is 165 Å². The van der Waals surface area contributed by atoms with Crippen LogP contribution in [0.1, 0.15) is 5.56 Å². The fourth-order valence-corrected chi connectivity index (χ4v) is 4.59. The minimum Gasteiger partial charge on any atom is -0.354 e. The van der Waals surface area contributed by atoms with Crippen LogP contribution in [0.2, 0.25) is 0 Å². The fourth-order valence-electron chi connectivity index (χ4n) is 2.98. The molecule has 2 heterocycles. The molecule has 2 aromatic rings. The van der Waals surface area contributed by atoms with Crippen LogP contribution in [0.15, 0.2) is 35.4 Å². The molecule has 0 aliphatic carbocycles. The number of halogens is 4. The first-order chi connectivity index (χ1) is 13.5. The molecule has 0 atom stereocenters. The summed E-state index contributed by atoms with van der Waals surface area (Å²) >= 11 is 0. The molecule has 1 aromatic carbocycles. The number of nitrogens with zero attached hydrogens (tertiary/aromatic N) is 5. The van der Waals surface area contributed by atoms with Crippen LogP contribution in [0.5, 0.6) is 0 Å². The van der Waals surface area contributed by atoms with Gasteiger partial charge >= 0.3 is 6.18 Å². The smallest absolute Gasteiger partial charge is 0.354 e. The second-order valence-corrected chi connectivity index (χ2v) is 8.54. The van der Waals surface area contributed by atoms with E-state index in [4.69, 9.17) is 0 Å². The number of aromatic nitrogens is 2. The van der Waals surface area contributed by atoms with Crippen LogP contribution < -0.4 is 9.80 Å². The van der Waals surface area contributed by atoms with Gasteiger partial charge in [0.05, 0.1) is 10.5 Å². The maximum absolute atomic E-state index is 13.3. The molecule has 1 aliphatic rings. The highest BCUT2D eigenvalue weighted by molar-refractivity contribution is 7.89. The summed E-state index contributed by atoms with van der Waals surface area (Å²) in [7, 11) is -0.876. The highest BCUT2D eigenvalue weighted by Gasteiger charge is 2.40. The molecule has 0 unspecified atom stereocenters. The van der Waals surface area contributed by atoms with Gasteiger partial charge in [0.15, 0.2) is 0 Å². The Bertz CT molecular complexity index is 990. The predicted molar refractivity (Wildman–Crippen MR) is 98.7 cm³/mol. The maximum atomic E-state index is 13.3. The molecule has 1 saturated heterocycles. The Balaban J connectivity index is 1.82. The first kappa shape index (κ1) is 21.2. The van der Waals surface area contributed by atoms with E-state index in [0.29, 0.717) is 23.9 Å². The van der Waals surface area contributed by atoms with E-state index < -0.39 is 32.5 Å². The predicted octanol–water partition coefficient (Wildman–Crippen LogP) is 2.21. The molecular weight excluding hydrogens is 414 g/mol. The summed E-state index contributed by atoms with van der Waals surface area (Å²) in [5.74, 6) is -0.0706. The Morgan fingerprint density at radius 1 is 1.07 bits per heavy atom. The molecule has 12 heteroatoms. The molecule has 0 N–H and O–H groups in total. The van der Waals surface area contributed by atoms with Crippen molar-refractivity contribution in [1.82, 2.24) is 14.3 Å². The van der Waals surface area contributed by atoms with E-state index in [0.717, 1.165) is 4.31 Å². The number of sulfonamides is 1. The van der Waals surface area contributed by atoms with Crippen LogP contribution in [0.4, 0.5) is 29.3 Å². The van der Waals surface area contributed by atoms with Crippen molar-refractivity contribution in [2.24, 2.45) is 0 Å². The van der Waals surface area contributed by atoms with Gasteiger partial charge in [-0.25, -0.2) is 17.8 Å². The lowest BCUT2D eigenvalue weighted by molar-refractivity contribution is -0.140.